The quantitative estimate of drug-likeness (QED) is 0.143. The predicted molar refractivity (Wildman–Crippen MR) is 307 cm³/mol. The largest absolute Gasteiger partial charge is 0.310 e. The van der Waals surface area contributed by atoms with E-state index in [1.54, 1.807) is 0 Å². The molecule has 0 aliphatic carbocycles. The maximum atomic E-state index is 2.43. The number of para-hydroxylation sites is 3. The Morgan fingerprint density at radius 2 is 0.676 bits per heavy atom. The van der Waals surface area contributed by atoms with E-state index in [9.17, 15) is 0 Å². The van der Waals surface area contributed by atoms with E-state index in [1.165, 1.54) is 67.8 Å². The van der Waals surface area contributed by atoms with Gasteiger partial charge in [0.15, 0.2) is 0 Å². The van der Waals surface area contributed by atoms with Crippen LogP contribution in [-0.4, -0.2) is 4.57 Å². The van der Waals surface area contributed by atoms with Gasteiger partial charge < -0.3 is 14.4 Å². The van der Waals surface area contributed by atoms with Gasteiger partial charge in [0.2, 0.25) is 0 Å². The van der Waals surface area contributed by atoms with Crippen LogP contribution in [0.25, 0.3) is 90.1 Å². The number of anilines is 6. The van der Waals surface area contributed by atoms with Crippen molar-refractivity contribution in [1.82, 2.24) is 4.57 Å². The first kappa shape index (κ1) is 41.3. The lowest BCUT2D eigenvalue weighted by Crippen LogP contribution is -2.13. The van der Waals surface area contributed by atoms with Gasteiger partial charge >= 0.3 is 0 Å². The lowest BCUT2D eigenvalue weighted by Gasteiger charge is -2.30. The molecule has 14 rings (SSSR count). The van der Waals surface area contributed by atoms with Gasteiger partial charge in [0, 0.05) is 90.9 Å². The van der Waals surface area contributed by atoms with E-state index >= 15 is 0 Å². The van der Waals surface area contributed by atoms with Gasteiger partial charge in [-0.3, -0.25) is 0 Å². The van der Waals surface area contributed by atoms with Gasteiger partial charge in [-0.05, 0) is 125 Å². The van der Waals surface area contributed by atoms with Gasteiger partial charge in [0.25, 0.3) is 0 Å². The Balaban J connectivity index is 1.01. The van der Waals surface area contributed by atoms with E-state index < -0.39 is 0 Å². The minimum Gasteiger partial charge on any atom is -0.310 e. The highest BCUT2D eigenvalue weighted by Crippen LogP contribution is 2.47. The number of benzene rings is 11. The molecule has 0 spiro atoms. The standard InChI is InChI=1S/C66H43N3S2/c1-4-16-44(17-5-1)45-28-31-50(32-29-45)69-61-25-13-10-22-55(61)56-35-30-46(40-62(56)69)47-38-53(67(48-18-6-2-7-19-48)51-33-36-59-57-23-11-14-26-63(57)70-65(59)42-51)41-54(39-47)68(49-20-8-3-9-21-49)52-34-37-60-58-24-12-15-27-64(58)71-66(60)43-52/h1-43H. The molecule has 3 nitrogen and oxygen atoms in total. The third kappa shape index (κ3) is 7.17. The number of hydrogen-bond acceptors (Lipinski definition) is 4. The Morgan fingerprint density at radius 1 is 0.239 bits per heavy atom. The van der Waals surface area contributed by atoms with Crippen LogP contribution in [0.4, 0.5) is 34.1 Å². The van der Waals surface area contributed by atoms with Crippen LogP contribution >= 0.6 is 22.7 Å². The molecule has 0 saturated heterocycles. The van der Waals surface area contributed by atoms with Crippen molar-refractivity contribution in [3.05, 3.63) is 261 Å². The second-order valence-corrected chi connectivity index (χ2v) is 20.3. The Kier molecular flexibility index (Phi) is 9.90. The van der Waals surface area contributed by atoms with Gasteiger partial charge in [0.1, 0.15) is 0 Å². The molecule has 0 fully saturated rings. The van der Waals surface area contributed by atoms with Gasteiger partial charge in [-0.25, -0.2) is 0 Å². The van der Waals surface area contributed by atoms with Gasteiger partial charge in [0.05, 0.1) is 11.0 Å². The van der Waals surface area contributed by atoms with Crippen LogP contribution in [0.15, 0.2) is 261 Å². The van der Waals surface area contributed by atoms with Crippen molar-refractivity contribution in [3.63, 3.8) is 0 Å². The summed E-state index contributed by atoms with van der Waals surface area (Å²) in [6.07, 6.45) is 0. The number of nitrogens with zero attached hydrogens (tertiary/aromatic N) is 3. The first-order chi connectivity index (χ1) is 35.2. The summed E-state index contributed by atoms with van der Waals surface area (Å²) >= 11 is 3.71. The molecule has 5 heteroatoms. The molecule has 0 amide bonds. The molecule has 71 heavy (non-hydrogen) atoms. The second kappa shape index (κ2) is 17.0. The maximum absolute atomic E-state index is 2.43. The number of thiophene rings is 2. The first-order valence-corrected chi connectivity index (χ1v) is 25.7. The van der Waals surface area contributed by atoms with Crippen LogP contribution < -0.4 is 9.80 Å². The second-order valence-electron chi connectivity index (χ2n) is 18.1. The molecule has 334 valence electrons. The van der Waals surface area contributed by atoms with Crippen molar-refractivity contribution < 1.29 is 0 Å². The summed E-state index contributed by atoms with van der Waals surface area (Å²) in [7, 11) is 0. The summed E-state index contributed by atoms with van der Waals surface area (Å²) in [4.78, 5) is 4.86. The Labute approximate surface area is 419 Å². The van der Waals surface area contributed by atoms with Crippen molar-refractivity contribution in [3.8, 4) is 27.9 Å². The molecule has 0 radical (unpaired) electrons. The number of hydrogen-bond donors (Lipinski definition) is 0. The van der Waals surface area contributed by atoms with Crippen LogP contribution in [0.3, 0.4) is 0 Å². The summed E-state index contributed by atoms with van der Waals surface area (Å²) in [6, 6.07) is 95.7. The fourth-order valence-corrected chi connectivity index (χ4v) is 12.9. The minimum atomic E-state index is 1.06. The normalized spacial score (nSPS) is 11.7. The van der Waals surface area contributed by atoms with E-state index in [0.717, 1.165) is 56.5 Å². The topological polar surface area (TPSA) is 11.4 Å². The van der Waals surface area contributed by atoms with E-state index in [4.69, 9.17) is 0 Å². The highest BCUT2D eigenvalue weighted by atomic mass is 32.1. The minimum absolute atomic E-state index is 1.06. The fraction of sp³-hybridized carbons (Fsp3) is 0. The molecule has 0 saturated carbocycles. The molecule has 0 aliphatic heterocycles. The summed E-state index contributed by atoms with van der Waals surface area (Å²) in [6.45, 7) is 0. The molecule has 0 atom stereocenters. The van der Waals surface area contributed by atoms with Crippen molar-refractivity contribution >= 4 is 119 Å². The highest BCUT2D eigenvalue weighted by molar-refractivity contribution is 7.26. The molecular weight excluding hydrogens is 899 g/mol. The Morgan fingerprint density at radius 3 is 1.25 bits per heavy atom. The lowest BCUT2D eigenvalue weighted by molar-refractivity contribution is 1.18. The zero-order chi connectivity index (χ0) is 46.8. The molecule has 14 aromatic rings. The molecule has 3 heterocycles. The molecule has 0 aliphatic rings. The van der Waals surface area contributed by atoms with Crippen LogP contribution in [0, 0.1) is 0 Å². The average Bonchev–Trinajstić information content (AvgIpc) is 4.11. The number of fused-ring (bicyclic) bond motifs is 9. The zero-order valence-electron chi connectivity index (χ0n) is 38.5. The van der Waals surface area contributed by atoms with E-state index in [2.05, 4.69) is 275 Å². The average molecular weight is 942 g/mol. The maximum Gasteiger partial charge on any atom is 0.0547 e. The van der Waals surface area contributed by atoms with Crippen molar-refractivity contribution in [2.24, 2.45) is 0 Å². The van der Waals surface area contributed by atoms with Crippen molar-refractivity contribution in [2.45, 2.75) is 0 Å². The lowest BCUT2D eigenvalue weighted by atomic mass is 10.00. The summed E-state index contributed by atoms with van der Waals surface area (Å²) in [5.74, 6) is 0. The van der Waals surface area contributed by atoms with E-state index in [0.29, 0.717) is 0 Å². The molecule has 0 unspecified atom stereocenters. The number of aromatic nitrogens is 1. The van der Waals surface area contributed by atoms with Crippen molar-refractivity contribution in [1.29, 1.82) is 0 Å². The molecule has 11 aromatic carbocycles. The summed E-state index contributed by atoms with van der Waals surface area (Å²) < 4.78 is 7.55. The highest BCUT2D eigenvalue weighted by Gasteiger charge is 2.22. The molecule has 0 bridgehead atoms. The third-order valence-corrected chi connectivity index (χ3v) is 16.2. The third-order valence-electron chi connectivity index (χ3n) is 13.9. The Hall–Kier alpha value is -8.74. The fourth-order valence-electron chi connectivity index (χ4n) is 10.6. The monoisotopic (exact) mass is 941 g/mol. The van der Waals surface area contributed by atoms with Gasteiger partial charge in [-0.15, -0.1) is 22.7 Å². The van der Waals surface area contributed by atoms with Gasteiger partial charge in [-0.1, -0.05) is 158 Å². The van der Waals surface area contributed by atoms with Crippen LogP contribution in [0.5, 0.6) is 0 Å². The van der Waals surface area contributed by atoms with E-state index in [1.807, 2.05) is 22.7 Å². The van der Waals surface area contributed by atoms with Crippen LogP contribution in [0.1, 0.15) is 0 Å². The molecule has 3 aromatic heterocycles. The van der Waals surface area contributed by atoms with E-state index in [-0.39, 0.29) is 0 Å². The van der Waals surface area contributed by atoms with Crippen LogP contribution in [0.2, 0.25) is 0 Å². The zero-order valence-corrected chi connectivity index (χ0v) is 40.1. The number of rotatable bonds is 9. The van der Waals surface area contributed by atoms with Crippen LogP contribution in [-0.2, 0) is 0 Å². The SMILES string of the molecule is c1ccc(-c2ccc(-n3c4ccccc4c4ccc(-c5cc(N(c6ccccc6)c6ccc7c(c6)sc6ccccc67)cc(N(c6ccccc6)c6ccc7c(c6)sc6ccccc67)c5)cc43)cc2)cc1. The predicted octanol–water partition coefficient (Wildman–Crippen LogP) is 19.8. The smallest absolute Gasteiger partial charge is 0.0547 e. The first-order valence-electron chi connectivity index (χ1n) is 24.1. The Bertz CT molecular complexity index is 4110. The molecular formula is C66H43N3S2. The summed E-state index contributed by atoms with van der Waals surface area (Å²) in [5.41, 5.74) is 14.6. The van der Waals surface area contributed by atoms with Gasteiger partial charge in [-0.2, -0.15) is 0 Å². The molecule has 0 N–H and O–H groups in total. The summed E-state index contributed by atoms with van der Waals surface area (Å²) in [5, 5.41) is 7.60. The van der Waals surface area contributed by atoms with Crippen molar-refractivity contribution in [2.75, 3.05) is 9.80 Å².